The predicted molar refractivity (Wildman–Crippen MR) is 299 cm³/mol. The van der Waals surface area contributed by atoms with Crippen LogP contribution >= 0.6 is 34.3 Å². The smallest absolute Gasteiger partial charge is 0.319 e. The van der Waals surface area contributed by atoms with E-state index in [0.717, 1.165) is 91.1 Å². The average molecular weight is 1110 g/mol. The van der Waals surface area contributed by atoms with E-state index in [-0.39, 0.29) is 98.7 Å². The van der Waals surface area contributed by atoms with Crippen LogP contribution in [0.25, 0.3) is 42.7 Å². The minimum absolute atomic E-state index is 0.000877. The number of carbonyl (C=O) groups is 3. The van der Waals surface area contributed by atoms with Crippen LogP contribution in [-0.4, -0.2) is 128 Å². The van der Waals surface area contributed by atoms with Crippen LogP contribution < -0.4 is 31.3 Å². The van der Waals surface area contributed by atoms with Gasteiger partial charge in [-0.3, -0.25) is 19.3 Å². The van der Waals surface area contributed by atoms with E-state index in [1.54, 1.807) is 17.4 Å². The van der Waals surface area contributed by atoms with Gasteiger partial charge in [0.05, 0.1) is 43.5 Å². The Balaban J connectivity index is 0.725. The highest BCUT2D eigenvalue weighted by Gasteiger charge is 2.45. The first kappa shape index (κ1) is 54.7. The highest BCUT2D eigenvalue weighted by atomic mass is 35.5. The Morgan fingerprint density at radius 3 is 2.45 bits per heavy atom. The molecule has 4 saturated heterocycles. The molecule has 21 heteroatoms. The molecule has 0 aliphatic carbocycles. The van der Waals surface area contributed by atoms with Crippen molar-refractivity contribution in [2.75, 3.05) is 50.0 Å². The number of nitrogens with zero attached hydrogens (tertiary/aromatic N) is 7. The second-order valence-electron chi connectivity index (χ2n) is 22.3. The molecule has 4 fully saturated rings. The minimum Gasteiger partial charge on any atom is -0.462 e. The number of carbonyl (C=O) groups excluding carboxylic acids is 3. The van der Waals surface area contributed by atoms with Gasteiger partial charge in [-0.2, -0.15) is 9.97 Å². The molecular weight excluding hydrogens is 1040 g/mol. The molecule has 6 N–H and O–H groups in total. The number of aromatic nitrogens is 4. The van der Waals surface area contributed by atoms with Gasteiger partial charge in [-0.1, -0.05) is 80.8 Å². The third kappa shape index (κ3) is 11.9. The Hall–Kier alpha value is -5.64. The van der Waals surface area contributed by atoms with Crippen molar-refractivity contribution in [2.45, 2.75) is 141 Å². The van der Waals surface area contributed by atoms with Gasteiger partial charge >= 0.3 is 6.01 Å². The number of anilines is 2. The number of aliphatic hydroxyl groups is 1. The lowest BCUT2D eigenvalue weighted by atomic mass is 9.85. The van der Waals surface area contributed by atoms with E-state index in [1.165, 1.54) is 17.0 Å². The molecule has 3 amide bonds. The lowest BCUT2D eigenvalue weighted by Gasteiger charge is -2.35. The number of hydrogen-bond donors (Lipinski definition) is 5. The van der Waals surface area contributed by atoms with Crippen molar-refractivity contribution in [1.82, 2.24) is 45.7 Å². The van der Waals surface area contributed by atoms with Crippen LogP contribution in [0.4, 0.5) is 19.7 Å². The first-order chi connectivity index (χ1) is 36.9. The maximum absolute atomic E-state index is 17.1. The molecule has 7 atom stereocenters. The topological polar surface area (TPSA) is 204 Å². The quantitative estimate of drug-likeness (QED) is 0.0511. The van der Waals surface area contributed by atoms with E-state index >= 15 is 4.39 Å². The molecule has 2 bridgehead atoms. The summed E-state index contributed by atoms with van der Waals surface area (Å²) < 4.78 is 38.6. The van der Waals surface area contributed by atoms with Gasteiger partial charge in [0.2, 0.25) is 17.7 Å². The van der Waals surface area contributed by atoms with Crippen LogP contribution in [0.3, 0.4) is 0 Å². The Bertz CT molecular complexity index is 3140. The van der Waals surface area contributed by atoms with Crippen molar-refractivity contribution >= 4 is 84.1 Å². The van der Waals surface area contributed by atoms with E-state index in [0.29, 0.717) is 42.9 Å². The maximum Gasteiger partial charge on any atom is 0.319 e. The van der Waals surface area contributed by atoms with Gasteiger partial charge in [0, 0.05) is 67.1 Å². The summed E-state index contributed by atoms with van der Waals surface area (Å²) >= 11 is 9.48. The Kier molecular flexibility index (Phi) is 16.3. The van der Waals surface area contributed by atoms with Gasteiger partial charge in [0.25, 0.3) is 0 Å². The number of hydrogen-bond acceptors (Lipinski definition) is 15. The Morgan fingerprint density at radius 2 is 1.73 bits per heavy atom. The number of aliphatic hydroxyl groups excluding tert-OH is 1. The number of thiazole rings is 2. The van der Waals surface area contributed by atoms with Crippen molar-refractivity contribution in [3.8, 4) is 27.6 Å². The normalized spacial score (nSPS) is 21.5. The summed E-state index contributed by atoms with van der Waals surface area (Å²) in [6.45, 7) is 13.0. The molecule has 7 heterocycles. The number of piperazine rings is 1. The lowest BCUT2D eigenvalue weighted by Crippen LogP contribution is -2.57. The third-order valence-corrected chi connectivity index (χ3v) is 17.9. The summed E-state index contributed by atoms with van der Waals surface area (Å²) in [5.74, 6) is -1.60. The number of halogens is 3. The zero-order valence-corrected chi connectivity index (χ0v) is 46.6. The minimum atomic E-state index is -0.902. The molecule has 10 rings (SSSR count). The fraction of sp³-hybridized carbons (Fsp3) is 0.518. The van der Waals surface area contributed by atoms with Gasteiger partial charge in [-0.15, -0.1) is 11.3 Å². The van der Waals surface area contributed by atoms with Crippen LogP contribution in [0.1, 0.15) is 109 Å². The number of nitrogens with two attached hydrogens (primary N) is 1. The zero-order chi connectivity index (χ0) is 54.3. The first-order valence-electron chi connectivity index (χ1n) is 26.9. The molecule has 410 valence electrons. The number of amides is 3. The van der Waals surface area contributed by atoms with Crippen LogP contribution in [0.15, 0.2) is 48.0 Å². The zero-order valence-electron chi connectivity index (χ0n) is 44.2. The van der Waals surface area contributed by atoms with Crippen LogP contribution in [-0.2, 0) is 14.4 Å². The fourth-order valence-electron chi connectivity index (χ4n) is 11.6. The largest absolute Gasteiger partial charge is 0.462 e. The molecule has 0 saturated carbocycles. The molecule has 4 unspecified atom stereocenters. The van der Waals surface area contributed by atoms with Gasteiger partial charge in [-0.25, -0.2) is 18.7 Å². The summed E-state index contributed by atoms with van der Waals surface area (Å²) in [5.41, 5.74) is 10.7. The van der Waals surface area contributed by atoms with Gasteiger partial charge in [0.1, 0.15) is 35.8 Å². The summed E-state index contributed by atoms with van der Waals surface area (Å²) in [7, 11) is 0. The molecule has 77 heavy (non-hydrogen) atoms. The number of nitrogens with one attached hydrogen (secondary N) is 3. The molecule has 4 aliphatic heterocycles. The molecule has 6 aromatic rings. The predicted octanol–water partition coefficient (Wildman–Crippen LogP) is 8.96. The van der Waals surface area contributed by atoms with Crippen molar-refractivity contribution in [3.63, 3.8) is 0 Å². The summed E-state index contributed by atoms with van der Waals surface area (Å²) in [6, 6.07) is 11.0. The van der Waals surface area contributed by atoms with E-state index in [2.05, 4.69) is 40.7 Å². The number of fused-ring (bicyclic) bond motifs is 4. The second-order valence-corrected chi connectivity index (χ2v) is 24.6. The van der Waals surface area contributed by atoms with Gasteiger partial charge < -0.3 is 41.3 Å². The lowest BCUT2D eigenvalue weighted by molar-refractivity contribution is -0.144. The fourth-order valence-corrected chi connectivity index (χ4v) is 13.5. The highest BCUT2D eigenvalue weighted by Crippen LogP contribution is 2.43. The molecule has 3 aromatic carbocycles. The third-order valence-electron chi connectivity index (χ3n) is 15.7. The summed E-state index contributed by atoms with van der Waals surface area (Å²) in [4.78, 5) is 66.9. The Morgan fingerprint density at radius 1 is 0.974 bits per heavy atom. The second kappa shape index (κ2) is 23.0. The van der Waals surface area contributed by atoms with Crippen LogP contribution in [0.5, 0.6) is 6.01 Å². The first-order valence-corrected chi connectivity index (χ1v) is 29.0. The van der Waals surface area contributed by atoms with Crippen LogP contribution in [0, 0.1) is 24.0 Å². The molecule has 0 spiro atoms. The SMILES string of the molecule is Cc1ncsc1-c1ccc(C(C)NC(=O)[C@@H]2C[C@@H](O)CN2C(=O)C(NC(=O)CCCCCCN2CCC[C@H]2COc2nc(N3CC4CCC(C3)N4)c3cc(Cl)c(-c4ccc(F)c5sc(N)nc45)c(F)c3n2)C(C)(C)C)cc1. The number of likely N-dealkylation sites (tertiary alicyclic amines) is 2. The molecule has 16 nitrogen and oxygen atoms in total. The van der Waals surface area contributed by atoms with Crippen molar-refractivity contribution in [2.24, 2.45) is 5.41 Å². The number of aryl methyl sites for hydroxylation is 1. The van der Waals surface area contributed by atoms with Gasteiger partial charge in [-0.05, 0) is 100 Å². The van der Waals surface area contributed by atoms with Gasteiger partial charge in [0.15, 0.2) is 10.9 Å². The average Bonchev–Trinajstić information content (AvgIpc) is 4.29. The molecule has 0 radical (unpaired) electrons. The van der Waals surface area contributed by atoms with E-state index in [9.17, 15) is 23.9 Å². The van der Waals surface area contributed by atoms with E-state index in [1.807, 2.05) is 64.4 Å². The number of ether oxygens (including phenoxy) is 1. The van der Waals surface area contributed by atoms with Crippen molar-refractivity contribution < 1.29 is 33.0 Å². The van der Waals surface area contributed by atoms with E-state index < -0.39 is 35.2 Å². The number of benzene rings is 3. The van der Waals surface area contributed by atoms with Crippen LogP contribution in [0.2, 0.25) is 5.02 Å². The summed E-state index contributed by atoms with van der Waals surface area (Å²) in [5, 5.41) is 21.2. The molecular formula is C56H68ClF2N11O5S2. The van der Waals surface area contributed by atoms with Crippen molar-refractivity contribution in [3.05, 3.63) is 75.9 Å². The number of β-amino-alcohol motifs (C(OH)–C–C–N with tert-alkyl or cyclic N) is 1. The Labute approximate surface area is 460 Å². The standard InChI is InChI=1S/C56H68ClF2N11O5S2/c1-30(32-13-15-33(16-14-32)48-31(2)61-29-76-48)62-52(73)42-23-37(71)27-70(42)53(74)50(56(3,4)5)64-43(72)12-8-6-7-9-21-68-22-10-11-36(68)28-75-55-66-46-39(51(67-55)69-25-34-17-18-35(26-69)63-34)24-40(57)44(45(46)59)38-19-20-41(58)49-47(38)65-54(60)77-49/h13-16,19-20,24,29-30,34-37,42,50,63,71H,6-12,17-18,21-23,25-28H2,1-5H3,(H2,60,65)(H,62,73)(H,64,72)/t30?,34?,35?,36-,37+,42-,50?/m0/s1. The number of unbranched alkanes of at least 4 members (excludes halogenated alkanes) is 3. The number of nitrogen functional groups attached to an aromatic ring is 1. The molecule has 4 aliphatic rings. The number of rotatable bonds is 18. The molecule has 3 aromatic heterocycles. The van der Waals surface area contributed by atoms with Crippen molar-refractivity contribution in [1.29, 1.82) is 0 Å². The maximum atomic E-state index is 17.1. The highest BCUT2D eigenvalue weighted by molar-refractivity contribution is 7.22. The van der Waals surface area contributed by atoms with E-state index in [4.69, 9.17) is 27.1 Å². The monoisotopic (exact) mass is 1110 g/mol. The summed E-state index contributed by atoms with van der Waals surface area (Å²) in [6.07, 6.45) is 6.77.